The SMILES string of the molecule is CCNC(=O)C(C)Oc1cc(F)cc(CNCCOC)c1. The molecule has 0 saturated carbocycles. The lowest BCUT2D eigenvalue weighted by Gasteiger charge is -2.15. The highest BCUT2D eigenvalue weighted by Crippen LogP contribution is 2.18. The molecule has 0 saturated heterocycles. The average molecular weight is 298 g/mol. The fourth-order valence-corrected chi connectivity index (χ4v) is 1.77. The van der Waals surface area contributed by atoms with Gasteiger partial charge in [0.25, 0.3) is 5.91 Å². The van der Waals surface area contributed by atoms with Gasteiger partial charge >= 0.3 is 0 Å². The third-order valence-corrected chi connectivity index (χ3v) is 2.78. The van der Waals surface area contributed by atoms with E-state index in [2.05, 4.69) is 10.6 Å². The zero-order valence-corrected chi connectivity index (χ0v) is 12.7. The quantitative estimate of drug-likeness (QED) is 0.678. The number of methoxy groups -OCH3 is 1. The van der Waals surface area contributed by atoms with Crippen LogP contribution in [0, 0.1) is 5.82 Å². The highest BCUT2D eigenvalue weighted by atomic mass is 19.1. The number of nitrogens with one attached hydrogen (secondary N) is 2. The Bertz CT molecular complexity index is 455. The standard InChI is InChI=1S/C15H23FN2O3/c1-4-18-15(19)11(2)21-14-8-12(7-13(16)9-14)10-17-5-6-20-3/h7-9,11,17H,4-6,10H2,1-3H3,(H,18,19). The first kappa shape index (κ1) is 17.4. The second-order valence-corrected chi connectivity index (χ2v) is 4.62. The largest absolute Gasteiger partial charge is 0.481 e. The molecule has 0 aromatic heterocycles. The predicted molar refractivity (Wildman–Crippen MR) is 78.8 cm³/mol. The number of halogens is 1. The highest BCUT2D eigenvalue weighted by molar-refractivity contribution is 5.80. The molecule has 1 aromatic carbocycles. The van der Waals surface area contributed by atoms with E-state index in [9.17, 15) is 9.18 Å². The van der Waals surface area contributed by atoms with Gasteiger partial charge in [-0.3, -0.25) is 4.79 Å². The minimum Gasteiger partial charge on any atom is -0.481 e. The van der Waals surface area contributed by atoms with Crippen LogP contribution in [0.4, 0.5) is 4.39 Å². The maximum atomic E-state index is 13.6. The molecule has 0 aliphatic rings. The van der Waals surface area contributed by atoms with E-state index >= 15 is 0 Å². The van der Waals surface area contributed by atoms with Crippen LogP contribution in [0.2, 0.25) is 0 Å². The lowest BCUT2D eigenvalue weighted by molar-refractivity contribution is -0.127. The number of carbonyl (C=O) groups is 1. The van der Waals surface area contributed by atoms with Crippen molar-refractivity contribution < 1.29 is 18.7 Å². The van der Waals surface area contributed by atoms with Crippen molar-refractivity contribution in [1.29, 1.82) is 0 Å². The smallest absolute Gasteiger partial charge is 0.260 e. The Kier molecular flexibility index (Phi) is 7.71. The number of carbonyl (C=O) groups excluding carboxylic acids is 1. The number of likely N-dealkylation sites (N-methyl/N-ethyl adjacent to an activating group) is 1. The first-order chi connectivity index (χ1) is 10.1. The minimum absolute atomic E-state index is 0.221. The molecule has 21 heavy (non-hydrogen) atoms. The third-order valence-electron chi connectivity index (χ3n) is 2.78. The number of amides is 1. The summed E-state index contributed by atoms with van der Waals surface area (Å²) in [6.07, 6.45) is -0.666. The number of hydrogen-bond donors (Lipinski definition) is 2. The van der Waals surface area contributed by atoms with Gasteiger partial charge in [0.2, 0.25) is 0 Å². The van der Waals surface area contributed by atoms with Crippen molar-refractivity contribution in [1.82, 2.24) is 10.6 Å². The van der Waals surface area contributed by atoms with E-state index in [0.29, 0.717) is 32.0 Å². The molecule has 0 spiro atoms. The molecule has 0 bridgehead atoms. The first-order valence-corrected chi connectivity index (χ1v) is 7.00. The molecule has 0 aliphatic carbocycles. The van der Waals surface area contributed by atoms with Crippen molar-refractivity contribution in [3.63, 3.8) is 0 Å². The van der Waals surface area contributed by atoms with Gasteiger partial charge in [0.15, 0.2) is 6.10 Å². The molecule has 1 rings (SSSR count). The van der Waals surface area contributed by atoms with E-state index in [0.717, 1.165) is 5.56 Å². The number of hydrogen-bond acceptors (Lipinski definition) is 4. The summed E-state index contributed by atoms with van der Waals surface area (Å²) in [5.74, 6) is -0.266. The van der Waals surface area contributed by atoms with Crippen molar-refractivity contribution in [3.05, 3.63) is 29.6 Å². The Labute approximate surface area is 124 Å². The normalized spacial score (nSPS) is 12.0. The van der Waals surface area contributed by atoms with Crippen LogP contribution in [0.25, 0.3) is 0 Å². The summed E-state index contributed by atoms with van der Waals surface area (Å²) < 4.78 is 24.0. The highest BCUT2D eigenvalue weighted by Gasteiger charge is 2.14. The number of ether oxygens (including phenoxy) is 2. The molecule has 6 heteroatoms. The van der Waals surface area contributed by atoms with Crippen LogP contribution in [0.15, 0.2) is 18.2 Å². The summed E-state index contributed by atoms with van der Waals surface area (Å²) in [5, 5.41) is 5.79. The lowest BCUT2D eigenvalue weighted by Crippen LogP contribution is -2.36. The minimum atomic E-state index is -0.666. The fourth-order valence-electron chi connectivity index (χ4n) is 1.77. The van der Waals surface area contributed by atoms with Crippen LogP contribution in [0.3, 0.4) is 0 Å². The summed E-state index contributed by atoms with van der Waals surface area (Å²) in [5.41, 5.74) is 0.754. The molecule has 1 unspecified atom stereocenters. The monoisotopic (exact) mass is 298 g/mol. The van der Waals surface area contributed by atoms with E-state index in [4.69, 9.17) is 9.47 Å². The van der Waals surface area contributed by atoms with Crippen LogP contribution in [-0.4, -0.2) is 38.8 Å². The Balaban J connectivity index is 2.62. The summed E-state index contributed by atoms with van der Waals surface area (Å²) >= 11 is 0. The molecule has 118 valence electrons. The second kappa shape index (κ2) is 9.31. The summed E-state index contributed by atoms with van der Waals surface area (Å²) in [4.78, 5) is 11.6. The molecule has 0 radical (unpaired) electrons. The first-order valence-electron chi connectivity index (χ1n) is 7.00. The summed E-state index contributed by atoms with van der Waals surface area (Å²) in [6.45, 7) is 5.77. The van der Waals surface area contributed by atoms with Crippen molar-refractivity contribution >= 4 is 5.91 Å². The Morgan fingerprint density at radius 3 is 2.81 bits per heavy atom. The lowest BCUT2D eigenvalue weighted by atomic mass is 10.2. The zero-order chi connectivity index (χ0) is 15.7. The second-order valence-electron chi connectivity index (χ2n) is 4.62. The van der Waals surface area contributed by atoms with Gasteiger partial charge < -0.3 is 20.1 Å². The predicted octanol–water partition coefficient (Wildman–Crippen LogP) is 1.47. The van der Waals surface area contributed by atoms with Crippen LogP contribution in [-0.2, 0) is 16.1 Å². The third kappa shape index (κ3) is 6.55. The maximum absolute atomic E-state index is 13.6. The van der Waals surface area contributed by atoms with E-state index in [1.165, 1.54) is 12.1 Å². The van der Waals surface area contributed by atoms with Crippen LogP contribution < -0.4 is 15.4 Å². The number of rotatable bonds is 9. The Morgan fingerprint density at radius 2 is 2.14 bits per heavy atom. The molecule has 5 nitrogen and oxygen atoms in total. The van der Waals surface area contributed by atoms with Crippen LogP contribution >= 0.6 is 0 Å². The van der Waals surface area contributed by atoms with Crippen LogP contribution in [0.5, 0.6) is 5.75 Å². The van der Waals surface area contributed by atoms with Gasteiger partial charge in [0.05, 0.1) is 6.61 Å². The zero-order valence-electron chi connectivity index (χ0n) is 12.7. The van der Waals surface area contributed by atoms with Crippen molar-refractivity contribution in [2.24, 2.45) is 0 Å². The van der Waals surface area contributed by atoms with Gasteiger partial charge in [-0.05, 0) is 31.5 Å². The van der Waals surface area contributed by atoms with Gasteiger partial charge in [0.1, 0.15) is 11.6 Å². The van der Waals surface area contributed by atoms with E-state index < -0.39 is 6.10 Å². The van der Waals surface area contributed by atoms with E-state index in [1.54, 1.807) is 20.1 Å². The molecule has 2 N–H and O–H groups in total. The van der Waals surface area contributed by atoms with Crippen molar-refractivity contribution in [2.75, 3.05) is 26.8 Å². The molecule has 1 amide bonds. The molecule has 1 aromatic rings. The molecule has 0 fully saturated rings. The van der Waals surface area contributed by atoms with E-state index in [1.807, 2.05) is 6.92 Å². The van der Waals surface area contributed by atoms with Gasteiger partial charge in [-0.2, -0.15) is 0 Å². The molecular weight excluding hydrogens is 275 g/mol. The Hall–Kier alpha value is -1.66. The maximum Gasteiger partial charge on any atom is 0.260 e. The van der Waals surface area contributed by atoms with Gasteiger partial charge in [-0.15, -0.1) is 0 Å². The van der Waals surface area contributed by atoms with Gasteiger partial charge in [-0.1, -0.05) is 0 Å². The summed E-state index contributed by atoms with van der Waals surface area (Å²) in [6, 6.07) is 4.43. The molecule has 0 heterocycles. The fraction of sp³-hybridized carbons (Fsp3) is 0.533. The molecule has 1 atom stereocenters. The molecular formula is C15H23FN2O3. The topological polar surface area (TPSA) is 59.6 Å². The summed E-state index contributed by atoms with van der Waals surface area (Å²) in [7, 11) is 1.62. The number of benzene rings is 1. The Morgan fingerprint density at radius 1 is 1.38 bits per heavy atom. The van der Waals surface area contributed by atoms with Gasteiger partial charge in [-0.25, -0.2) is 4.39 Å². The van der Waals surface area contributed by atoms with Gasteiger partial charge in [0, 0.05) is 32.8 Å². The van der Waals surface area contributed by atoms with E-state index in [-0.39, 0.29) is 11.7 Å². The average Bonchev–Trinajstić information content (AvgIpc) is 2.43. The van der Waals surface area contributed by atoms with Crippen molar-refractivity contribution in [2.45, 2.75) is 26.5 Å². The molecule has 0 aliphatic heterocycles. The van der Waals surface area contributed by atoms with Crippen LogP contribution in [0.1, 0.15) is 19.4 Å². The van der Waals surface area contributed by atoms with Crippen molar-refractivity contribution in [3.8, 4) is 5.75 Å².